The number of hydrogen-bond donors (Lipinski definition) is 1. The maximum atomic E-state index is 12.0. The molecule has 0 saturated carbocycles. The summed E-state index contributed by atoms with van der Waals surface area (Å²) in [5.41, 5.74) is 0.877. The van der Waals surface area contributed by atoms with Gasteiger partial charge in [-0.05, 0) is 30.5 Å². The zero-order valence-electron chi connectivity index (χ0n) is 14.7. The highest BCUT2D eigenvalue weighted by Gasteiger charge is 2.28. The number of rotatable bonds is 8. The number of carbonyl (C=O) groups is 1. The largest absolute Gasteiger partial charge is 0.497 e. The fourth-order valence-electron chi connectivity index (χ4n) is 2.89. The first-order valence-corrected chi connectivity index (χ1v) is 10.2. The zero-order valence-corrected chi connectivity index (χ0v) is 15.5. The SMILES string of the molecule is COc1ccc(CC(=O)NCCN(C2CCOCC2)S(C)(=O)=O)cc1. The van der Waals surface area contributed by atoms with Gasteiger partial charge in [-0.1, -0.05) is 12.1 Å². The van der Waals surface area contributed by atoms with Gasteiger partial charge in [0.2, 0.25) is 15.9 Å². The molecule has 1 aromatic rings. The van der Waals surface area contributed by atoms with Crippen molar-refractivity contribution in [2.24, 2.45) is 0 Å². The van der Waals surface area contributed by atoms with Crippen LogP contribution in [0.1, 0.15) is 18.4 Å². The number of benzene rings is 1. The fourth-order valence-corrected chi connectivity index (χ4v) is 4.06. The van der Waals surface area contributed by atoms with Crippen LogP contribution in [-0.2, 0) is 26.0 Å². The summed E-state index contributed by atoms with van der Waals surface area (Å²) in [6.07, 6.45) is 2.83. The van der Waals surface area contributed by atoms with Crippen LogP contribution < -0.4 is 10.1 Å². The molecule has 8 heteroatoms. The summed E-state index contributed by atoms with van der Waals surface area (Å²) < 4.78 is 35.9. The van der Waals surface area contributed by atoms with Crippen molar-refractivity contribution in [3.63, 3.8) is 0 Å². The molecule has 0 radical (unpaired) electrons. The molecule has 1 amide bonds. The van der Waals surface area contributed by atoms with Gasteiger partial charge in [-0.3, -0.25) is 4.79 Å². The lowest BCUT2D eigenvalue weighted by Gasteiger charge is -2.32. The zero-order chi connectivity index (χ0) is 18.3. The molecule has 0 atom stereocenters. The summed E-state index contributed by atoms with van der Waals surface area (Å²) in [5, 5.41) is 2.79. The Labute approximate surface area is 149 Å². The summed E-state index contributed by atoms with van der Waals surface area (Å²) in [7, 11) is -1.73. The van der Waals surface area contributed by atoms with Gasteiger partial charge >= 0.3 is 0 Å². The van der Waals surface area contributed by atoms with Crippen LogP contribution in [0.5, 0.6) is 5.75 Å². The van der Waals surface area contributed by atoms with E-state index < -0.39 is 10.0 Å². The van der Waals surface area contributed by atoms with Gasteiger partial charge in [0.1, 0.15) is 5.75 Å². The average Bonchev–Trinajstić information content (AvgIpc) is 2.59. The molecule has 1 aliphatic rings. The number of ether oxygens (including phenoxy) is 2. The first-order valence-electron chi connectivity index (χ1n) is 8.34. The maximum Gasteiger partial charge on any atom is 0.224 e. The lowest BCUT2D eigenvalue weighted by Crippen LogP contribution is -2.46. The predicted molar refractivity (Wildman–Crippen MR) is 95.1 cm³/mol. The van der Waals surface area contributed by atoms with Crippen LogP contribution in [0.25, 0.3) is 0 Å². The minimum atomic E-state index is -3.32. The van der Waals surface area contributed by atoms with Gasteiger partial charge in [0, 0.05) is 32.3 Å². The van der Waals surface area contributed by atoms with Crippen molar-refractivity contribution < 1.29 is 22.7 Å². The Morgan fingerprint density at radius 3 is 2.48 bits per heavy atom. The fraction of sp³-hybridized carbons (Fsp3) is 0.588. The smallest absolute Gasteiger partial charge is 0.224 e. The third-order valence-corrected chi connectivity index (χ3v) is 5.53. The van der Waals surface area contributed by atoms with Crippen molar-refractivity contribution in [1.82, 2.24) is 9.62 Å². The number of amides is 1. The van der Waals surface area contributed by atoms with E-state index in [0.717, 1.165) is 11.3 Å². The summed E-state index contributed by atoms with van der Waals surface area (Å²) in [6, 6.07) is 7.23. The normalized spacial score (nSPS) is 16.0. The van der Waals surface area contributed by atoms with E-state index in [1.54, 1.807) is 19.2 Å². The monoisotopic (exact) mass is 370 g/mol. The van der Waals surface area contributed by atoms with Gasteiger partial charge in [0.25, 0.3) is 0 Å². The number of nitrogens with zero attached hydrogens (tertiary/aromatic N) is 1. The number of methoxy groups -OCH3 is 1. The summed E-state index contributed by atoms with van der Waals surface area (Å²) >= 11 is 0. The molecule has 0 aromatic heterocycles. The Morgan fingerprint density at radius 2 is 1.92 bits per heavy atom. The average molecular weight is 370 g/mol. The van der Waals surface area contributed by atoms with E-state index in [1.165, 1.54) is 10.6 Å². The highest BCUT2D eigenvalue weighted by molar-refractivity contribution is 7.88. The molecular formula is C17H26N2O5S. The number of sulfonamides is 1. The first-order chi connectivity index (χ1) is 11.9. The van der Waals surface area contributed by atoms with Crippen molar-refractivity contribution in [2.75, 3.05) is 39.7 Å². The van der Waals surface area contributed by atoms with E-state index in [2.05, 4.69) is 5.32 Å². The molecule has 0 bridgehead atoms. The molecule has 25 heavy (non-hydrogen) atoms. The Kier molecular flexibility index (Phi) is 7.22. The van der Waals surface area contributed by atoms with Crippen molar-refractivity contribution in [3.05, 3.63) is 29.8 Å². The Balaban J connectivity index is 1.82. The van der Waals surface area contributed by atoms with Gasteiger partial charge in [0.15, 0.2) is 0 Å². The lowest BCUT2D eigenvalue weighted by molar-refractivity contribution is -0.120. The van der Waals surface area contributed by atoms with Crippen molar-refractivity contribution >= 4 is 15.9 Å². The molecule has 1 aromatic carbocycles. The van der Waals surface area contributed by atoms with Crippen molar-refractivity contribution in [2.45, 2.75) is 25.3 Å². The third kappa shape index (κ3) is 6.30. The summed E-state index contributed by atoms with van der Waals surface area (Å²) in [5.74, 6) is 0.606. The second-order valence-electron chi connectivity index (χ2n) is 6.09. The van der Waals surface area contributed by atoms with Crippen LogP contribution in [0.15, 0.2) is 24.3 Å². The van der Waals surface area contributed by atoms with E-state index in [4.69, 9.17) is 9.47 Å². The molecule has 2 rings (SSSR count). The number of hydrogen-bond acceptors (Lipinski definition) is 5. The Hall–Kier alpha value is -1.64. The molecule has 0 unspecified atom stereocenters. The van der Waals surface area contributed by atoms with Crippen LogP contribution in [0.3, 0.4) is 0 Å². The molecule has 1 aliphatic heterocycles. The quantitative estimate of drug-likeness (QED) is 0.731. The van der Waals surface area contributed by atoms with Crippen molar-refractivity contribution in [1.29, 1.82) is 0 Å². The molecular weight excluding hydrogens is 344 g/mol. The van der Waals surface area contributed by atoms with Gasteiger partial charge in [-0.25, -0.2) is 8.42 Å². The Morgan fingerprint density at radius 1 is 1.28 bits per heavy atom. The van der Waals surface area contributed by atoms with Crippen LogP contribution in [0.2, 0.25) is 0 Å². The molecule has 1 saturated heterocycles. The summed E-state index contributed by atoms with van der Waals surface area (Å²) in [4.78, 5) is 12.0. The van der Waals surface area contributed by atoms with E-state index in [-0.39, 0.29) is 24.9 Å². The molecule has 140 valence electrons. The van der Waals surface area contributed by atoms with Gasteiger partial charge in [-0.15, -0.1) is 0 Å². The standard InChI is InChI=1S/C17H26N2O5S/c1-23-16-5-3-14(4-6-16)13-17(20)18-9-10-19(25(2,21)22)15-7-11-24-12-8-15/h3-6,15H,7-13H2,1-2H3,(H,18,20). The topological polar surface area (TPSA) is 84.9 Å². The predicted octanol–water partition coefficient (Wildman–Crippen LogP) is 0.795. The van der Waals surface area contributed by atoms with Gasteiger partial charge in [-0.2, -0.15) is 4.31 Å². The molecule has 0 aliphatic carbocycles. The van der Waals surface area contributed by atoms with Crippen LogP contribution in [-0.4, -0.2) is 64.3 Å². The highest BCUT2D eigenvalue weighted by atomic mass is 32.2. The van der Waals surface area contributed by atoms with E-state index in [9.17, 15) is 13.2 Å². The van der Waals surface area contributed by atoms with Crippen molar-refractivity contribution in [3.8, 4) is 5.75 Å². The summed E-state index contributed by atoms with van der Waals surface area (Å²) in [6.45, 7) is 1.71. The van der Waals surface area contributed by atoms with E-state index in [1.807, 2.05) is 12.1 Å². The molecule has 1 N–H and O–H groups in total. The van der Waals surface area contributed by atoms with Crippen LogP contribution in [0, 0.1) is 0 Å². The van der Waals surface area contributed by atoms with Gasteiger partial charge < -0.3 is 14.8 Å². The van der Waals surface area contributed by atoms with Crippen LogP contribution in [0.4, 0.5) is 0 Å². The molecule has 1 fully saturated rings. The number of carbonyl (C=O) groups excluding carboxylic acids is 1. The molecule has 1 heterocycles. The minimum Gasteiger partial charge on any atom is -0.497 e. The first kappa shape index (κ1) is 19.7. The third-order valence-electron chi connectivity index (χ3n) is 4.20. The van der Waals surface area contributed by atoms with E-state index in [0.29, 0.717) is 32.6 Å². The Bertz CT molecular complexity index is 654. The van der Waals surface area contributed by atoms with Crippen LogP contribution >= 0.6 is 0 Å². The minimum absolute atomic E-state index is 0.0535. The highest BCUT2D eigenvalue weighted by Crippen LogP contribution is 2.17. The second kappa shape index (κ2) is 9.17. The van der Waals surface area contributed by atoms with E-state index >= 15 is 0 Å². The lowest BCUT2D eigenvalue weighted by atomic mass is 10.1. The maximum absolute atomic E-state index is 12.0. The molecule has 7 nitrogen and oxygen atoms in total. The van der Waals surface area contributed by atoms with Gasteiger partial charge in [0.05, 0.1) is 19.8 Å². The number of nitrogens with one attached hydrogen (secondary N) is 1. The molecule has 0 spiro atoms. The second-order valence-corrected chi connectivity index (χ2v) is 8.03.